The molecule has 3 rings (SSSR count). The van der Waals surface area contributed by atoms with Gasteiger partial charge >= 0.3 is 0 Å². The van der Waals surface area contributed by atoms with E-state index in [-0.39, 0.29) is 0 Å². The second-order valence-electron chi connectivity index (χ2n) is 4.53. The minimum absolute atomic E-state index is 0.629. The third-order valence-electron chi connectivity index (χ3n) is 3.48. The van der Waals surface area contributed by atoms with E-state index in [0.29, 0.717) is 5.92 Å². The number of hydrogen-bond donors (Lipinski definition) is 0. The molecule has 0 atom stereocenters. The van der Waals surface area contributed by atoms with E-state index in [1.54, 1.807) is 6.33 Å². The van der Waals surface area contributed by atoms with Gasteiger partial charge in [-0.2, -0.15) is 0 Å². The molecule has 0 bridgehead atoms. The zero-order chi connectivity index (χ0) is 11.1. The summed E-state index contributed by atoms with van der Waals surface area (Å²) in [5.41, 5.74) is 2.26. The van der Waals surface area contributed by atoms with Gasteiger partial charge in [-0.3, -0.25) is 0 Å². The number of rotatable bonds is 1. The van der Waals surface area contributed by atoms with E-state index in [4.69, 9.17) is 0 Å². The third-order valence-corrected chi connectivity index (χ3v) is 4.08. The van der Waals surface area contributed by atoms with Crippen LogP contribution < -0.4 is 0 Å². The fourth-order valence-corrected chi connectivity index (χ4v) is 3.38. The van der Waals surface area contributed by atoms with Crippen molar-refractivity contribution in [2.75, 3.05) is 0 Å². The summed E-state index contributed by atoms with van der Waals surface area (Å²) in [6.07, 6.45) is 8.97. The SMILES string of the molecule is Cn1cc(Br)c2c(C3CCCC3)ncnc21. The van der Waals surface area contributed by atoms with E-state index in [1.165, 1.54) is 36.8 Å². The first-order chi connectivity index (χ1) is 7.77. The average molecular weight is 280 g/mol. The highest BCUT2D eigenvalue weighted by Crippen LogP contribution is 2.38. The van der Waals surface area contributed by atoms with Crippen LogP contribution in [-0.2, 0) is 7.05 Å². The van der Waals surface area contributed by atoms with Gasteiger partial charge in [-0.15, -0.1) is 0 Å². The van der Waals surface area contributed by atoms with E-state index in [2.05, 4.69) is 36.7 Å². The summed E-state index contributed by atoms with van der Waals surface area (Å²) in [5, 5.41) is 1.21. The number of aromatic nitrogens is 3. The summed E-state index contributed by atoms with van der Waals surface area (Å²) in [6, 6.07) is 0. The molecule has 0 N–H and O–H groups in total. The summed E-state index contributed by atoms with van der Waals surface area (Å²) in [6.45, 7) is 0. The number of aryl methyl sites for hydroxylation is 1. The zero-order valence-electron chi connectivity index (χ0n) is 9.28. The molecule has 0 spiro atoms. The second kappa shape index (κ2) is 3.84. The quantitative estimate of drug-likeness (QED) is 0.801. The van der Waals surface area contributed by atoms with E-state index in [1.807, 2.05) is 7.05 Å². The molecule has 0 unspecified atom stereocenters. The van der Waals surface area contributed by atoms with Crippen molar-refractivity contribution in [1.82, 2.24) is 14.5 Å². The van der Waals surface area contributed by atoms with Crippen molar-refractivity contribution in [2.45, 2.75) is 31.6 Å². The molecule has 0 aromatic carbocycles. The molecule has 2 aromatic heterocycles. The predicted octanol–water partition coefficient (Wildman–Crippen LogP) is 3.39. The standard InChI is InChI=1S/C12H14BrN3/c1-16-6-9(13)10-11(8-4-2-3-5-8)14-7-15-12(10)16/h6-8H,2-5H2,1H3. The Bertz CT molecular complexity index is 526. The first-order valence-corrected chi connectivity index (χ1v) is 6.52. The molecule has 1 fully saturated rings. The van der Waals surface area contributed by atoms with Crippen LogP contribution in [0.5, 0.6) is 0 Å². The fraction of sp³-hybridized carbons (Fsp3) is 0.500. The highest BCUT2D eigenvalue weighted by molar-refractivity contribution is 9.10. The topological polar surface area (TPSA) is 30.7 Å². The van der Waals surface area contributed by atoms with Crippen LogP contribution in [0.1, 0.15) is 37.3 Å². The first kappa shape index (κ1) is 10.3. The fourth-order valence-electron chi connectivity index (χ4n) is 2.69. The number of fused-ring (bicyclic) bond motifs is 1. The Morgan fingerprint density at radius 2 is 2.06 bits per heavy atom. The third kappa shape index (κ3) is 1.47. The Morgan fingerprint density at radius 1 is 1.31 bits per heavy atom. The average Bonchev–Trinajstić information content (AvgIpc) is 2.88. The van der Waals surface area contributed by atoms with Crippen molar-refractivity contribution < 1.29 is 0 Å². The lowest BCUT2D eigenvalue weighted by molar-refractivity contribution is 0.702. The molecular weight excluding hydrogens is 266 g/mol. The molecule has 4 heteroatoms. The summed E-state index contributed by atoms with van der Waals surface area (Å²) in [4.78, 5) is 8.86. The van der Waals surface area contributed by atoms with E-state index >= 15 is 0 Å². The molecule has 16 heavy (non-hydrogen) atoms. The van der Waals surface area contributed by atoms with Crippen molar-refractivity contribution in [3.63, 3.8) is 0 Å². The maximum atomic E-state index is 4.51. The van der Waals surface area contributed by atoms with Gasteiger partial charge in [0, 0.05) is 23.6 Å². The zero-order valence-corrected chi connectivity index (χ0v) is 10.9. The number of halogens is 1. The molecule has 1 aliphatic rings. The highest BCUT2D eigenvalue weighted by Gasteiger charge is 2.22. The number of nitrogens with zero attached hydrogens (tertiary/aromatic N) is 3. The highest BCUT2D eigenvalue weighted by atomic mass is 79.9. The Labute approximate surface area is 103 Å². The summed E-state index contributed by atoms with van der Waals surface area (Å²) in [5.74, 6) is 0.629. The van der Waals surface area contributed by atoms with Crippen molar-refractivity contribution in [3.8, 4) is 0 Å². The largest absolute Gasteiger partial charge is 0.334 e. The van der Waals surface area contributed by atoms with Crippen LogP contribution in [0.15, 0.2) is 17.0 Å². The molecule has 0 saturated heterocycles. The molecule has 3 nitrogen and oxygen atoms in total. The molecule has 1 aliphatic carbocycles. The minimum atomic E-state index is 0.629. The van der Waals surface area contributed by atoms with Crippen molar-refractivity contribution in [2.24, 2.45) is 7.05 Å². The summed E-state index contributed by atoms with van der Waals surface area (Å²) in [7, 11) is 2.03. The predicted molar refractivity (Wildman–Crippen MR) is 67.4 cm³/mol. The van der Waals surface area contributed by atoms with Crippen LogP contribution >= 0.6 is 15.9 Å². The molecular formula is C12H14BrN3. The lowest BCUT2D eigenvalue weighted by atomic mass is 10.0. The minimum Gasteiger partial charge on any atom is -0.334 e. The molecule has 2 aromatic rings. The molecule has 0 aliphatic heterocycles. The monoisotopic (exact) mass is 279 g/mol. The van der Waals surface area contributed by atoms with Gasteiger partial charge in [-0.1, -0.05) is 12.8 Å². The van der Waals surface area contributed by atoms with Gasteiger partial charge < -0.3 is 4.57 Å². The Kier molecular flexibility index (Phi) is 2.46. The molecule has 2 heterocycles. The summed E-state index contributed by atoms with van der Waals surface area (Å²) >= 11 is 3.61. The van der Waals surface area contributed by atoms with Crippen molar-refractivity contribution in [1.29, 1.82) is 0 Å². The van der Waals surface area contributed by atoms with Gasteiger partial charge in [-0.25, -0.2) is 9.97 Å². The molecule has 0 radical (unpaired) electrons. The molecule has 84 valence electrons. The van der Waals surface area contributed by atoms with Gasteiger partial charge in [0.1, 0.15) is 12.0 Å². The van der Waals surface area contributed by atoms with E-state index in [0.717, 1.165) is 10.1 Å². The van der Waals surface area contributed by atoms with Crippen molar-refractivity contribution >= 4 is 27.0 Å². The molecule has 1 saturated carbocycles. The maximum Gasteiger partial charge on any atom is 0.144 e. The van der Waals surface area contributed by atoms with Crippen LogP contribution in [-0.4, -0.2) is 14.5 Å². The lowest BCUT2D eigenvalue weighted by Gasteiger charge is -2.09. The first-order valence-electron chi connectivity index (χ1n) is 5.73. The Balaban J connectivity index is 2.23. The maximum absolute atomic E-state index is 4.51. The van der Waals surface area contributed by atoms with Crippen LogP contribution in [0.3, 0.4) is 0 Å². The Hall–Kier alpha value is -0.900. The molecule has 0 amide bonds. The Morgan fingerprint density at radius 3 is 2.81 bits per heavy atom. The van der Waals surface area contributed by atoms with Gasteiger partial charge in [-0.05, 0) is 28.8 Å². The van der Waals surface area contributed by atoms with E-state index < -0.39 is 0 Å². The van der Waals surface area contributed by atoms with Crippen LogP contribution in [0, 0.1) is 0 Å². The van der Waals surface area contributed by atoms with Crippen molar-refractivity contribution in [3.05, 3.63) is 22.7 Å². The van der Waals surface area contributed by atoms with Crippen LogP contribution in [0.4, 0.5) is 0 Å². The van der Waals surface area contributed by atoms with Gasteiger partial charge in [0.2, 0.25) is 0 Å². The van der Waals surface area contributed by atoms with Crippen LogP contribution in [0.2, 0.25) is 0 Å². The lowest BCUT2D eigenvalue weighted by Crippen LogP contribution is -1.99. The van der Waals surface area contributed by atoms with E-state index in [9.17, 15) is 0 Å². The van der Waals surface area contributed by atoms with Crippen LogP contribution in [0.25, 0.3) is 11.0 Å². The smallest absolute Gasteiger partial charge is 0.144 e. The van der Waals surface area contributed by atoms with Gasteiger partial charge in [0.15, 0.2) is 0 Å². The van der Waals surface area contributed by atoms with Gasteiger partial charge in [0.25, 0.3) is 0 Å². The number of hydrogen-bond acceptors (Lipinski definition) is 2. The second-order valence-corrected chi connectivity index (χ2v) is 5.38. The summed E-state index contributed by atoms with van der Waals surface area (Å²) < 4.78 is 3.17. The normalized spacial score (nSPS) is 17.4. The van der Waals surface area contributed by atoms with Gasteiger partial charge in [0.05, 0.1) is 11.1 Å².